The maximum Gasteiger partial charge on any atom is 0.429 e. The van der Waals surface area contributed by atoms with Gasteiger partial charge in [-0.2, -0.15) is 0 Å². The number of pyridine rings is 1. The van der Waals surface area contributed by atoms with Crippen LogP contribution in [0.2, 0.25) is 0 Å². The predicted molar refractivity (Wildman–Crippen MR) is 128 cm³/mol. The minimum Gasteiger partial charge on any atom is -0.481 e. The number of methoxy groups -OCH3 is 1. The predicted octanol–water partition coefficient (Wildman–Crippen LogP) is 4.03. The van der Waals surface area contributed by atoms with Crippen molar-refractivity contribution >= 4 is 29.1 Å². The van der Waals surface area contributed by atoms with E-state index in [9.17, 15) is 9.59 Å². The number of nitrogens with zero attached hydrogens (tertiary/aromatic N) is 3. The Morgan fingerprint density at radius 1 is 1.09 bits per heavy atom. The smallest absolute Gasteiger partial charge is 0.429 e. The van der Waals surface area contributed by atoms with Crippen LogP contribution in [0.1, 0.15) is 17.3 Å². The van der Waals surface area contributed by atoms with Crippen molar-refractivity contribution in [2.75, 3.05) is 43.9 Å². The van der Waals surface area contributed by atoms with Crippen LogP contribution >= 0.6 is 0 Å². The highest BCUT2D eigenvalue weighted by Crippen LogP contribution is 2.32. The van der Waals surface area contributed by atoms with Crippen LogP contribution in [-0.2, 0) is 4.74 Å². The molecule has 0 radical (unpaired) electrons. The van der Waals surface area contributed by atoms with Crippen LogP contribution in [0.5, 0.6) is 5.88 Å². The summed E-state index contributed by atoms with van der Waals surface area (Å²) in [6.45, 7) is 2.00. The number of nitrogens with one attached hydrogen (secondary N) is 1. The van der Waals surface area contributed by atoms with E-state index in [2.05, 4.69) is 10.3 Å². The number of anilines is 3. The molecule has 2 aromatic carbocycles. The van der Waals surface area contributed by atoms with E-state index >= 15 is 0 Å². The molecule has 2 amide bonds. The topological polar surface area (TPSA) is 110 Å². The van der Waals surface area contributed by atoms with Gasteiger partial charge in [-0.25, -0.2) is 19.8 Å². The zero-order valence-corrected chi connectivity index (χ0v) is 19.0. The number of benzene rings is 2. The third-order valence-electron chi connectivity index (χ3n) is 4.79. The van der Waals surface area contributed by atoms with Crippen LogP contribution in [0.4, 0.5) is 21.9 Å². The molecule has 9 heteroatoms. The summed E-state index contributed by atoms with van der Waals surface area (Å²) in [4.78, 5) is 29.3. The quantitative estimate of drug-likeness (QED) is 0.414. The first-order valence-corrected chi connectivity index (χ1v) is 10.3. The van der Waals surface area contributed by atoms with E-state index in [1.54, 1.807) is 81.8 Å². The fraction of sp³-hybridized carbons (Fsp3) is 0.208. The lowest BCUT2D eigenvalue weighted by Gasteiger charge is -2.27. The molecule has 3 N–H and O–H groups in total. The molecule has 9 nitrogen and oxygen atoms in total. The molecule has 1 aromatic heterocycles. The van der Waals surface area contributed by atoms with Gasteiger partial charge in [0.2, 0.25) is 5.88 Å². The van der Waals surface area contributed by atoms with Crippen LogP contribution < -0.4 is 20.8 Å². The van der Waals surface area contributed by atoms with Crippen molar-refractivity contribution in [2.45, 2.75) is 6.92 Å². The molecule has 0 saturated carbocycles. The van der Waals surface area contributed by atoms with Crippen molar-refractivity contribution in [1.29, 1.82) is 0 Å². The van der Waals surface area contributed by atoms with Gasteiger partial charge < -0.3 is 20.5 Å². The van der Waals surface area contributed by atoms with Crippen molar-refractivity contribution in [3.8, 4) is 17.0 Å². The molecule has 3 rings (SSSR count). The molecule has 0 fully saturated rings. The first-order valence-electron chi connectivity index (χ1n) is 10.3. The molecular formula is C24H27N5O4. The van der Waals surface area contributed by atoms with E-state index in [1.807, 2.05) is 12.1 Å². The molecule has 0 atom stereocenters. The van der Waals surface area contributed by atoms with Crippen LogP contribution in [0, 0.1) is 0 Å². The Labute approximate surface area is 192 Å². The second-order valence-electron chi connectivity index (χ2n) is 7.22. The first kappa shape index (κ1) is 23.6. The van der Waals surface area contributed by atoms with E-state index in [0.29, 0.717) is 28.5 Å². The molecule has 0 spiro atoms. The van der Waals surface area contributed by atoms with Gasteiger partial charge in [0.15, 0.2) is 0 Å². The van der Waals surface area contributed by atoms with Crippen molar-refractivity contribution in [1.82, 2.24) is 9.99 Å². The summed E-state index contributed by atoms with van der Waals surface area (Å²) in [7, 11) is 5.00. The number of hydrogen-bond acceptors (Lipinski definition) is 7. The number of ether oxygens (including phenoxy) is 2. The number of amides is 2. The van der Waals surface area contributed by atoms with Crippen molar-refractivity contribution in [3.63, 3.8) is 0 Å². The Balaban J connectivity index is 1.82. The van der Waals surface area contributed by atoms with Gasteiger partial charge in [-0.15, -0.1) is 0 Å². The van der Waals surface area contributed by atoms with Gasteiger partial charge in [0.25, 0.3) is 5.91 Å². The van der Waals surface area contributed by atoms with E-state index in [0.717, 1.165) is 11.1 Å². The van der Waals surface area contributed by atoms with Gasteiger partial charge in [0, 0.05) is 31.4 Å². The molecule has 0 unspecified atom stereocenters. The van der Waals surface area contributed by atoms with Gasteiger partial charge in [0.05, 0.1) is 30.8 Å². The van der Waals surface area contributed by atoms with E-state index in [4.69, 9.17) is 15.2 Å². The van der Waals surface area contributed by atoms with Gasteiger partial charge in [-0.1, -0.05) is 6.07 Å². The second kappa shape index (κ2) is 10.5. The lowest BCUT2D eigenvalue weighted by molar-refractivity contribution is 0.102. The summed E-state index contributed by atoms with van der Waals surface area (Å²) in [5.41, 5.74) is 9.55. The van der Waals surface area contributed by atoms with Crippen LogP contribution in [-0.4, -0.2) is 49.8 Å². The molecule has 0 aliphatic rings. The number of hydrazine groups is 1. The fourth-order valence-electron chi connectivity index (χ4n) is 3.24. The number of hydrogen-bond donors (Lipinski definition) is 2. The largest absolute Gasteiger partial charge is 0.481 e. The Morgan fingerprint density at radius 2 is 1.82 bits per heavy atom. The fourth-order valence-corrected chi connectivity index (χ4v) is 3.24. The number of aromatic nitrogens is 1. The minimum absolute atomic E-state index is 0.259. The number of carbonyl (C=O) groups excluding carboxylic acids is 2. The zero-order chi connectivity index (χ0) is 24.0. The lowest BCUT2D eigenvalue weighted by atomic mass is 10.1. The lowest BCUT2D eigenvalue weighted by Crippen LogP contribution is -2.42. The van der Waals surface area contributed by atoms with E-state index in [1.165, 1.54) is 5.01 Å². The average molecular weight is 450 g/mol. The SMILES string of the molecule is CCOC(=O)N(c1ccc(C(=O)Nc2cc(-c3cccnc3OC)ccc2N)cc1)N(C)C. The molecule has 33 heavy (non-hydrogen) atoms. The number of nitrogen functional groups attached to an aromatic ring is 1. The molecule has 1 heterocycles. The summed E-state index contributed by atoms with van der Waals surface area (Å²) in [5, 5.41) is 5.82. The Hall–Kier alpha value is -4.11. The average Bonchev–Trinajstić information content (AvgIpc) is 2.81. The Bertz CT molecular complexity index is 1130. The normalized spacial score (nSPS) is 10.6. The summed E-state index contributed by atoms with van der Waals surface area (Å²) in [6.07, 6.45) is 1.14. The highest BCUT2D eigenvalue weighted by Gasteiger charge is 2.20. The standard InChI is InChI=1S/C24H27N5O4/c1-5-33-24(31)29(28(2)3)18-11-8-16(9-12-18)22(30)27-21-15-17(10-13-20(21)25)19-7-6-14-26-23(19)32-4/h6-15H,5,25H2,1-4H3,(H,27,30). The molecule has 0 saturated heterocycles. The minimum atomic E-state index is -0.505. The highest BCUT2D eigenvalue weighted by atomic mass is 16.6. The van der Waals surface area contributed by atoms with Crippen molar-refractivity contribution in [3.05, 3.63) is 66.4 Å². The van der Waals surface area contributed by atoms with Crippen LogP contribution in [0.25, 0.3) is 11.1 Å². The molecule has 0 bridgehead atoms. The maximum absolute atomic E-state index is 12.9. The highest BCUT2D eigenvalue weighted by molar-refractivity contribution is 6.06. The molecule has 172 valence electrons. The number of nitrogens with two attached hydrogens (primary N) is 1. The summed E-state index contributed by atoms with van der Waals surface area (Å²) < 4.78 is 10.4. The van der Waals surface area contributed by atoms with Crippen LogP contribution in [0.3, 0.4) is 0 Å². The maximum atomic E-state index is 12.9. The summed E-state index contributed by atoms with van der Waals surface area (Å²) in [5.74, 6) is 0.137. The summed E-state index contributed by atoms with van der Waals surface area (Å²) in [6, 6.07) is 15.6. The third-order valence-corrected chi connectivity index (χ3v) is 4.79. The third kappa shape index (κ3) is 5.39. The zero-order valence-electron chi connectivity index (χ0n) is 19.0. The van der Waals surface area contributed by atoms with E-state index in [-0.39, 0.29) is 12.5 Å². The van der Waals surface area contributed by atoms with Crippen molar-refractivity contribution in [2.24, 2.45) is 0 Å². The van der Waals surface area contributed by atoms with E-state index < -0.39 is 6.09 Å². The molecular weight excluding hydrogens is 422 g/mol. The molecule has 0 aliphatic carbocycles. The summed E-state index contributed by atoms with van der Waals surface area (Å²) >= 11 is 0. The van der Waals surface area contributed by atoms with Gasteiger partial charge in [-0.05, 0) is 61.0 Å². The van der Waals surface area contributed by atoms with Gasteiger partial charge in [0.1, 0.15) is 0 Å². The van der Waals surface area contributed by atoms with Gasteiger partial charge >= 0.3 is 6.09 Å². The number of rotatable bonds is 7. The second-order valence-corrected chi connectivity index (χ2v) is 7.22. The first-order chi connectivity index (χ1) is 15.8. The monoisotopic (exact) mass is 449 g/mol. The van der Waals surface area contributed by atoms with Crippen molar-refractivity contribution < 1.29 is 19.1 Å². The van der Waals surface area contributed by atoms with Gasteiger partial charge in [-0.3, -0.25) is 4.79 Å². The Morgan fingerprint density at radius 3 is 2.45 bits per heavy atom. The van der Waals surface area contributed by atoms with Crippen LogP contribution in [0.15, 0.2) is 60.8 Å². The molecule has 0 aliphatic heterocycles. The molecule has 3 aromatic rings. The number of carbonyl (C=O) groups is 2. The Kier molecular flexibility index (Phi) is 7.47.